The van der Waals surface area contributed by atoms with Crippen LogP contribution in [0, 0.1) is 11.8 Å². The SMILES string of the molecule is COc1ccccc1CN1CCC(CNS(=O)(=O)c2ccc3c(c2)NC(=O)C(C)CS3)CC1. The van der Waals surface area contributed by atoms with E-state index >= 15 is 0 Å². The summed E-state index contributed by atoms with van der Waals surface area (Å²) in [5, 5.41) is 2.86. The Morgan fingerprint density at radius 1 is 1.18 bits per heavy atom. The third kappa shape index (κ3) is 5.90. The van der Waals surface area contributed by atoms with Crippen LogP contribution in [0.2, 0.25) is 0 Å². The molecular weight excluding hydrogens is 458 g/mol. The van der Waals surface area contributed by atoms with Gasteiger partial charge in [0.2, 0.25) is 15.9 Å². The molecule has 33 heavy (non-hydrogen) atoms. The van der Waals surface area contributed by atoms with E-state index in [2.05, 4.69) is 21.0 Å². The molecule has 0 saturated carbocycles. The number of anilines is 1. The molecule has 2 aliphatic heterocycles. The molecule has 2 N–H and O–H groups in total. The number of thioether (sulfide) groups is 1. The quantitative estimate of drug-likeness (QED) is 0.618. The summed E-state index contributed by atoms with van der Waals surface area (Å²) in [5.74, 6) is 1.68. The van der Waals surface area contributed by atoms with Crippen molar-refractivity contribution < 1.29 is 17.9 Å². The minimum absolute atomic E-state index is 0.0800. The molecule has 0 aromatic heterocycles. The molecule has 7 nitrogen and oxygen atoms in total. The van der Waals surface area contributed by atoms with Gasteiger partial charge in [0.05, 0.1) is 17.7 Å². The van der Waals surface area contributed by atoms with Crippen molar-refractivity contribution in [2.75, 3.05) is 37.8 Å². The van der Waals surface area contributed by atoms with Crippen LogP contribution in [0.3, 0.4) is 0 Å². The summed E-state index contributed by atoms with van der Waals surface area (Å²) in [6, 6.07) is 13.0. The van der Waals surface area contributed by atoms with Gasteiger partial charge in [-0.05, 0) is 56.1 Å². The summed E-state index contributed by atoms with van der Waals surface area (Å²) in [6.07, 6.45) is 1.87. The first-order chi connectivity index (χ1) is 15.9. The third-order valence-corrected chi connectivity index (χ3v) is 9.07. The van der Waals surface area contributed by atoms with Crippen LogP contribution in [0.1, 0.15) is 25.3 Å². The molecule has 9 heteroatoms. The van der Waals surface area contributed by atoms with E-state index in [4.69, 9.17) is 4.74 Å². The lowest BCUT2D eigenvalue weighted by atomic mass is 9.97. The van der Waals surface area contributed by atoms with Crippen LogP contribution in [0.15, 0.2) is 52.3 Å². The van der Waals surface area contributed by atoms with Gasteiger partial charge >= 0.3 is 0 Å². The van der Waals surface area contributed by atoms with E-state index in [1.807, 2.05) is 25.1 Å². The molecule has 0 spiro atoms. The molecule has 1 atom stereocenters. The van der Waals surface area contributed by atoms with E-state index in [1.54, 1.807) is 37.1 Å². The van der Waals surface area contributed by atoms with Crippen molar-refractivity contribution in [3.8, 4) is 5.75 Å². The lowest BCUT2D eigenvalue weighted by Gasteiger charge is -2.32. The molecule has 0 aliphatic carbocycles. The van der Waals surface area contributed by atoms with Gasteiger partial charge in [-0.15, -0.1) is 11.8 Å². The largest absolute Gasteiger partial charge is 0.496 e. The van der Waals surface area contributed by atoms with Crippen molar-refractivity contribution in [3.63, 3.8) is 0 Å². The molecule has 2 heterocycles. The van der Waals surface area contributed by atoms with Gasteiger partial charge in [-0.1, -0.05) is 25.1 Å². The van der Waals surface area contributed by atoms with Gasteiger partial charge in [0.1, 0.15) is 5.75 Å². The number of nitrogens with one attached hydrogen (secondary N) is 2. The van der Waals surface area contributed by atoms with Crippen LogP contribution in [-0.2, 0) is 21.4 Å². The Balaban J connectivity index is 1.32. The third-order valence-electron chi connectivity index (χ3n) is 6.31. The Kier molecular flexibility index (Phi) is 7.63. The lowest BCUT2D eigenvalue weighted by molar-refractivity contribution is -0.118. The molecule has 1 fully saturated rings. The minimum Gasteiger partial charge on any atom is -0.496 e. The number of likely N-dealkylation sites (tertiary alicyclic amines) is 1. The summed E-state index contributed by atoms with van der Waals surface area (Å²) >= 11 is 1.57. The summed E-state index contributed by atoms with van der Waals surface area (Å²) in [4.78, 5) is 15.6. The van der Waals surface area contributed by atoms with E-state index in [-0.39, 0.29) is 16.7 Å². The Morgan fingerprint density at radius 2 is 1.94 bits per heavy atom. The fourth-order valence-electron chi connectivity index (χ4n) is 4.18. The van der Waals surface area contributed by atoms with Gasteiger partial charge in [0.15, 0.2) is 0 Å². The minimum atomic E-state index is -3.65. The number of carbonyl (C=O) groups excluding carboxylic acids is 1. The van der Waals surface area contributed by atoms with Crippen LogP contribution in [0.25, 0.3) is 0 Å². The number of carbonyl (C=O) groups is 1. The van der Waals surface area contributed by atoms with Crippen molar-refractivity contribution >= 4 is 33.4 Å². The van der Waals surface area contributed by atoms with Gasteiger partial charge in [-0.2, -0.15) is 0 Å². The number of rotatable bonds is 7. The summed E-state index contributed by atoms with van der Waals surface area (Å²) < 4.78 is 34.1. The number of hydrogen-bond donors (Lipinski definition) is 2. The second-order valence-corrected chi connectivity index (χ2v) is 11.6. The van der Waals surface area contributed by atoms with Crippen LogP contribution >= 0.6 is 11.8 Å². The lowest BCUT2D eigenvalue weighted by Crippen LogP contribution is -2.38. The van der Waals surface area contributed by atoms with E-state index in [9.17, 15) is 13.2 Å². The Hall–Kier alpha value is -2.07. The summed E-state index contributed by atoms with van der Waals surface area (Å²) in [6.45, 7) is 4.96. The maximum atomic E-state index is 12.9. The first kappa shape index (κ1) is 24.1. The van der Waals surface area contributed by atoms with Crippen LogP contribution in [-0.4, -0.2) is 51.7 Å². The zero-order chi connectivity index (χ0) is 23.4. The zero-order valence-corrected chi connectivity index (χ0v) is 20.7. The van der Waals surface area contributed by atoms with Gasteiger partial charge < -0.3 is 10.1 Å². The summed E-state index contributed by atoms with van der Waals surface area (Å²) in [7, 11) is -1.96. The number of benzene rings is 2. The fourth-order valence-corrected chi connectivity index (χ4v) is 6.33. The number of fused-ring (bicyclic) bond motifs is 1. The fraction of sp³-hybridized carbons (Fsp3) is 0.458. The number of para-hydroxylation sites is 1. The number of piperidine rings is 1. The highest BCUT2D eigenvalue weighted by molar-refractivity contribution is 7.99. The predicted octanol–water partition coefficient (Wildman–Crippen LogP) is 3.57. The zero-order valence-electron chi connectivity index (χ0n) is 19.0. The van der Waals surface area contributed by atoms with Crippen LogP contribution < -0.4 is 14.8 Å². The molecule has 1 unspecified atom stereocenters. The first-order valence-corrected chi connectivity index (χ1v) is 13.7. The second kappa shape index (κ2) is 10.5. The van der Waals surface area contributed by atoms with Crippen molar-refractivity contribution in [2.45, 2.75) is 36.1 Å². The van der Waals surface area contributed by atoms with E-state index < -0.39 is 10.0 Å². The molecule has 0 radical (unpaired) electrons. The average molecular weight is 490 g/mol. The number of methoxy groups -OCH3 is 1. The van der Waals surface area contributed by atoms with E-state index in [0.29, 0.717) is 23.9 Å². The highest BCUT2D eigenvalue weighted by Gasteiger charge is 2.25. The van der Waals surface area contributed by atoms with Gasteiger partial charge in [0.25, 0.3) is 0 Å². The number of hydrogen-bond acceptors (Lipinski definition) is 6. The Bertz CT molecular complexity index is 1100. The van der Waals surface area contributed by atoms with Crippen LogP contribution in [0.4, 0.5) is 5.69 Å². The Labute approximate surface area is 200 Å². The molecule has 2 aromatic rings. The monoisotopic (exact) mass is 489 g/mol. The van der Waals surface area contributed by atoms with Gasteiger partial charge in [-0.25, -0.2) is 13.1 Å². The number of amides is 1. The number of nitrogens with zero attached hydrogens (tertiary/aromatic N) is 1. The molecular formula is C24H31N3O4S2. The molecule has 2 aliphatic rings. The highest BCUT2D eigenvalue weighted by atomic mass is 32.2. The number of sulfonamides is 1. The maximum Gasteiger partial charge on any atom is 0.240 e. The second-order valence-electron chi connectivity index (χ2n) is 8.74. The standard InChI is InChI=1S/C24H31N3O4S2/c1-17-16-32-23-8-7-20(13-21(23)26-24(17)28)33(29,30)25-14-18-9-11-27(12-10-18)15-19-5-3-4-6-22(19)31-2/h3-8,13,17-18,25H,9-12,14-16H2,1-2H3,(H,26,28). The summed E-state index contributed by atoms with van der Waals surface area (Å²) in [5.41, 5.74) is 1.74. The van der Waals surface area contributed by atoms with Crippen molar-refractivity contribution in [1.82, 2.24) is 9.62 Å². The van der Waals surface area contributed by atoms with Crippen LogP contribution in [0.5, 0.6) is 5.75 Å². The topological polar surface area (TPSA) is 87.7 Å². The van der Waals surface area contributed by atoms with E-state index in [0.717, 1.165) is 43.1 Å². The molecule has 4 rings (SSSR count). The first-order valence-electron chi connectivity index (χ1n) is 11.3. The molecule has 0 bridgehead atoms. The van der Waals surface area contributed by atoms with Gasteiger partial charge in [0, 0.05) is 35.2 Å². The average Bonchev–Trinajstić information content (AvgIpc) is 2.96. The predicted molar refractivity (Wildman–Crippen MR) is 131 cm³/mol. The normalized spacial score (nSPS) is 20.1. The smallest absolute Gasteiger partial charge is 0.240 e. The van der Waals surface area contributed by atoms with E-state index in [1.165, 1.54) is 5.56 Å². The van der Waals surface area contributed by atoms with Crippen molar-refractivity contribution in [1.29, 1.82) is 0 Å². The highest BCUT2D eigenvalue weighted by Crippen LogP contribution is 2.34. The molecule has 1 amide bonds. The maximum absolute atomic E-state index is 12.9. The Morgan fingerprint density at radius 3 is 2.70 bits per heavy atom. The molecule has 1 saturated heterocycles. The van der Waals surface area contributed by atoms with Gasteiger partial charge in [-0.3, -0.25) is 9.69 Å². The van der Waals surface area contributed by atoms with Crippen molar-refractivity contribution in [2.24, 2.45) is 11.8 Å². The number of ether oxygens (including phenoxy) is 1. The van der Waals surface area contributed by atoms with Crippen molar-refractivity contribution in [3.05, 3.63) is 48.0 Å². The molecule has 2 aromatic carbocycles. The molecule has 178 valence electrons.